The van der Waals surface area contributed by atoms with Crippen LogP contribution in [0.2, 0.25) is 5.02 Å². The number of rotatable bonds is 6. The second-order valence-electron chi connectivity index (χ2n) is 6.38. The second-order valence-corrected chi connectivity index (χ2v) is 6.78. The average Bonchev–Trinajstić information content (AvgIpc) is 2.96. The number of Topliss-reactive ketones (excluding diaryl/α,β-unsaturated/α-hetero) is 1. The molecule has 1 unspecified atom stereocenters. The van der Waals surface area contributed by atoms with E-state index < -0.39 is 29.3 Å². The summed E-state index contributed by atoms with van der Waals surface area (Å²) in [5.74, 6) is -2.49. The summed E-state index contributed by atoms with van der Waals surface area (Å²) in [6.45, 7) is 3.65. The Bertz CT molecular complexity index is 1020. The normalized spacial score (nSPS) is 16.5. The predicted octanol–water partition coefficient (Wildman–Crippen LogP) is 4.46. The van der Waals surface area contributed by atoms with Crippen molar-refractivity contribution in [3.63, 3.8) is 0 Å². The molecule has 152 valence electrons. The fourth-order valence-corrected chi connectivity index (χ4v) is 3.44. The highest BCUT2D eigenvalue weighted by atomic mass is 35.5. The molecule has 1 atom stereocenters. The van der Waals surface area contributed by atoms with Crippen molar-refractivity contribution in [3.8, 4) is 11.5 Å². The Morgan fingerprint density at radius 2 is 1.93 bits per heavy atom. The van der Waals surface area contributed by atoms with Gasteiger partial charge >= 0.3 is 0 Å². The van der Waals surface area contributed by atoms with Crippen LogP contribution in [0.25, 0.3) is 0 Å². The van der Waals surface area contributed by atoms with E-state index in [1.54, 1.807) is 13.8 Å². The highest BCUT2D eigenvalue weighted by Crippen LogP contribution is 2.43. The molecule has 0 radical (unpaired) electrons. The van der Waals surface area contributed by atoms with Gasteiger partial charge in [-0.2, -0.15) is 0 Å². The molecule has 3 rings (SSSR count). The minimum atomic E-state index is -0.990. The number of hydrogen-bond donors (Lipinski definition) is 2. The number of benzene rings is 2. The van der Waals surface area contributed by atoms with Crippen molar-refractivity contribution in [2.24, 2.45) is 0 Å². The number of ether oxygens (including phenoxy) is 1. The topological polar surface area (TPSA) is 87.1 Å². The molecule has 0 aliphatic carbocycles. The van der Waals surface area contributed by atoms with E-state index in [0.29, 0.717) is 12.2 Å². The SMILES string of the molecule is CCOc1cc(C2C(C(=O)CC)=C(O)C(=O)N2c2ccc(F)c(Cl)c2)ccc1O. The summed E-state index contributed by atoms with van der Waals surface area (Å²) in [5.41, 5.74) is 0.565. The monoisotopic (exact) mass is 419 g/mol. The van der Waals surface area contributed by atoms with Gasteiger partial charge < -0.3 is 14.9 Å². The highest BCUT2D eigenvalue weighted by Gasteiger charge is 2.44. The van der Waals surface area contributed by atoms with Crippen molar-refractivity contribution in [3.05, 3.63) is 64.1 Å². The third kappa shape index (κ3) is 3.65. The molecular formula is C21H19ClFNO5. The van der Waals surface area contributed by atoms with E-state index in [1.165, 1.54) is 35.2 Å². The van der Waals surface area contributed by atoms with Crippen LogP contribution in [0.4, 0.5) is 10.1 Å². The van der Waals surface area contributed by atoms with Crippen molar-refractivity contribution < 1.29 is 28.9 Å². The lowest BCUT2D eigenvalue weighted by Gasteiger charge is -2.27. The smallest absolute Gasteiger partial charge is 0.294 e. The summed E-state index contributed by atoms with van der Waals surface area (Å²) < 4.78 is 19.0. The van der Waals surface area contributed by atoms with Crippen LogP contribution in [-0.4, -0.2) is 28.5 Å². The number of phenols is 1. The van der Waals surface area contributed by atoms with E-state index in [-0.39, 0.29) is 34.2 Å². The quantitative estimate of drug-likeness (QED) is 0.721. The van der Waals surface area contributed by atoms with Crippen LogP contribution in [0.15, 0.2) is 47.7 Å². The molecular weight excluding hydrogens is 401 g/mol. The molecule has 0 fully saturated rings. The first-order chi connectivity index (χ1) is 13.8. The lowest BCUT2D eigenvalue weighted by molar-refractivity contribution is -0.118. The zero-order valence-corrected chi connectivity index (χ0v) is 16.5. The molecule has 2 aromatic carbocycles. The Morgan fingerprint density at radius 3 is 2.55 bits per heavy atom. The van der Waals surface area contributed by atoms with Crippen molar-refractivity contribution in [2.45, 2.75) is 26.3 Å². The number of ketones is 1. The standard InChI is InChI=1S/C21H19ClFNO5/c1-3-15(25)18-19(11-5-8-16(26)17(9-11)29-4-2)24(21(28)20(18)27)12-6-7-14(23)13(22)10-12/h5-10,19,26-27H,3-4H2,1-2H3. The van der Waals surface area contributed by atoms with Gasteiger partial charge in [0.25, 0.3) is 5.91 Å². The van der Waals surface area contributed by atoms with E-state index in [4.69, 9.17) is 16.3 Å². The summed E-state index contributed by atoms with van der Waals surface area (Å²) in [6, 6.07) is 7.09. The van der Waals surface area contributed by atoms with Crippen LogP contribution < -0.4 is 9.64 Å². The van der Waals surface area contributed by atoms with Crippen LogP contribution in [0, 0.1) is 5.82 Å². The minimum Gasteiger partial charge on any atom is -0.504 e. The van der Waals surface area contributed by atoms with Crippen LogP contribution >= 0.6 is 11.6 Å². The van der Waals surface area contributed by atoms with Gasteiger partial charge in [0.05, 0.1) is 23.2 Å². The van der Waals surface area contributed by atoms with Crippen LogP contribution in [0.3, 0.4) is 0 Å². The first-order valence-corrected chi connectivity index (χ1v) is 9.38. The van der Waals surface area contributed by atoms with E-state index in [0.717, 1.165) is 6.07 Å². The lowest BCUT2D eigenvalue weighted by atomic mass is 9.94. The molecule has 6 nitrogen and oxygen atoms in total. The molecule has 2 N–H and O–H groups in total. The fraction of sp³-hybridized carbons (Fsp3) is 0.238. The maximum absolute atomic E-state index is 13.6. The highest BCUT2D eigenvalue weighted by molar-refractivity contribution is 6.31. The van der Waals surface area contributed by atoms with Gasteiger partial charge in [0, 0.05) is 12.1 Å². The number of nitrogens with zero attached hydrogens (tertiary/aromatic N) is 1. The van der Waals surface area contributed by atoms with Gasteiger partial charge in [-0.3, -0.25) is 14.5 Å². The molecule has 29 heavy (non-hydrogen) atoms. The molecule has 1 amide bonds. The summed E-state index contributed by atoms with van der Waals surface area (Å²) in [6.07, 6.45) is 0.0671. The number of anilines is 1. The number of carbonyl (C=O) groups is 2. The van der Waals surface area contributed by atoms with Gasteiger partial charge in [0.15, 0.2) is 23.0 Å². The van der Waals surface area contributed by atoms with Crippen LogP contribution in [-0.2, 0) is 9.59 Å². The van der Waals surface area contributed by atoms with Gasteiger partial charge in [-0.05, 0) is 42.8 Å². The second kappa shape index (κ2) is 8.13. The van der Waals surface area contributed by atoms with E-state index in [2.05, 4.69) is 0 Å². The molecule has 0 saturated heterocycles. The lowest BCUT2D eigenvalue weighted by Crippen LogP contribution is -2.31. The van der Waals surface area contributed by atoms with Crippen molar-refractivity contribution in [2.75, 3.05) is 11.5 Å². The van der Waals surface area contributed by atoms with E-state index in [9.17, 15) is 24.2 Å². The van der Waals surface area contributed by atoms with E-state index in [1.807, 2.05) is 0 Å². The number of phenolic OH excluding ortho intramolecular Hbond substituents is 1. The average molecular weight is 420 g/mol. The zero-order valence-electron chi connectivity index (χ0n) is 15.8. The summed E-state index contributed by atoms with van der Waals surface area (Å²) in [7, 11) is 0. The molecule has 1 heterocycles. The summed E-state index contributed by atoms with van der Waals surface area (Å²) in [5, 5.41) is 20.2. The predicted molar refractivity (Wildman–Crippen MR) is 106 cm³/mol. The van der Waals surface area contributed by atoms with Crippen molar-refractivity contribution in [1.29, 1.82) is 0 Å². The van der Waals surface area contributed by atoms with Gasteiger partial charge in [-0.15, -0.1) is 0 Å². The van der Waals surface area contributed by atoms with Gasteiger partial charge in [0.2, 0.25) is 0 Å². The van der Waals surface area contributed by atoms with Gasteiger partial charge in [-0.25, -0.2) is 4.39 Å². The Labute approximate surface area is 171 Å². The molecule has 8 heteroatoms. The van der Waals surface area contributed by atoms with Crippen LogP contribution in [0.1, 0.15) is 31.9 Å². The summed E-state index contributed by atoms with van der Waals surface area (Å²) >= 11 is 5.87. The third-order valence-electron chi connectivity index (χ3n) is 4.61. The molecule has 0 bridgehead atoms. The zero-order chi connectivity index (χ0) is 21.3. The number of aliphatic hydroxyl groups excluding tert-OH is 1. The molecule has 1 aliphatic rings. The Kier molecular flexibility index (Phi) is 5.79. The fourth-order valence-electron chi connectivity index (χ4n) is 3.27. The maximum atomic E-state index is 13.6. The van der Waals surface area contributed by atoms with E-state index >= 15 is 0 Å². The maximum Gasteiger partial charge on any atom is 0.294 e. The molecule has 2 aromatic rings. The number of carbonyl (C=O) groups excluding carboxylic acids is 2. The molecule has 0 spiro atoms. The van der Waals surface area contributed by atoms with Gasteiger partial charge in [0.1, 0.15) is 5.82 Å². The minimum absolute atomic E-state index is 0.0671. The Morgan fingerprint density at radius 1 is 1.21 bits per heavy atom. The molecule has 0 saturated carbocycles. The van der Waals surface area contributed by atoms with Gasteiger partial charge in [-0.1, -0.05) is 24.6 Å². The first-order valence-electron chi connectivity index (χ1n) is 9.00. The molecule has 0 aromatic heterocycles. The largest absolute Gasteiger partial charge is 0.504 e. The Hall–Kier alpha value is -3.06. The van der Waals surface area contributed by atoms with Crippen LogP contribution in [0.5, 0.6) is 11.5 Å². The first kappa shape index (κ1) is 20.7. The van der Waals surface area contributed by atoms with Crippen molar-refractivity contribution in [1.82, 2.24) is 0 Å². The number of amides is 1. The number of hydrogen-bond acceptors (Lipinski definition) is 5. The van der Waals surface area contributed by atoms with Crippen molar-refractivity contribution >= 4 is 29.0 Å². The third-order valence-corrected chi connectivity index (χ3v) is 4.90. The summed E-state index contributed by atoms with van der Waals surface area (Å²) in [4.78, 5) is 26.6. The number of aromatic hydroxyl groups is 1. The number of halogens is 2. The Balaban J connectivity index is 2.20. The molecule has 1 aliphatic heterocycles. The number of aliphatic hydroxyl groups is 1.